The van der Waals surface area contributed by atoms with Crippen molar-refractivity contribution in [3.63, 3.8) is 0 Å². The van der Waals surface area contributed by atoms with Crippen molar-refractivity contribution in [2.45, 2.75) is 12.6 Å². The molecular formula is C10H14BrNO2S. The van der Waals surface area contributed by atoms with E-state index in [0.717, 1.165) is 23.5 Å². The van der Waals surface area contributed by atoms with Crippen LogP contribution in [0, 0.1) is 0 Å². The molecule has 3 nitrogen and oxygen atoms in total. The zero-order valence-corrected chi connectivity index (χ0v) is 10.8. The van der Waals surface area contributed by atoms with Crippen molar-refractivity contribution in [2.24, 2.45) is 0 Å². The molecule has 0 aliphatic carbocycles. The molecule has 1 fully saturated rings. The zero-order valence-electron chi connectivity index (χ0n) is 8.36. The van der Waals surface area contributed by atoms with Gasteiger partial charge in [-0.25, -0.2) is 0 Å². The maximum atomic E-state index is 9.22. The second-order valence-electron chi connectivity index (χ2n) is 3.64. The molecule has 2 heterocycles. The van der Waals surface area contributed by atoms with E-state index in [-0.39, 0.29) is 12.6 Å². The Morgan fingerprint density at radius 2 is 2.53 bits per heavy atom. The van der Waals surface area contributed by atoms with Gasteiger partial charge in [0.25, 0.3) is 0 Å². The van der Waals surface area contributed by atoms with Crippen LogP contribution in [0.3, 0.4) is 0 Å². The minimum Gasteiger partial charge on any atom is -0.395 e. The Morgan fingerprint density at radius 3 is 3.20 bits per heavy atom. The van der Waals surface area contributed by atoms with Crippen molar-refractivity contribution in [1.29, 1.82) is 0 Å². The van der Waals surface area contributed by atoms with Crippen molar-refractivity contribution in [2.75, 3.05) is 26.4 Å². The predicted molar refractivity (Wildman–Crippen MR) is 64.1 cm³/mol. The molecule has 1 aromatic rings. The van der Waals surface area contributed by atoms with Gasteiger partial charge in [0.15, 0.2) is 0 Å². The van der Waals surface area contributed by atoms with E-state index in [1.165, 1.54) is 5.56 Å². The number of hydrogen-bond acceptors (Lipinski definition) is 4. The topological polar surface area (TPSA) is 32.7 Å². The number of morpholine rings is 1. The maximum absolute atomic E-state index is 9.22. The lowest BCUT2D eigenvalue weighted by Crippen LogP contribution is -2.46. The largest absolute Gasteiger partial charge is 0.395 e. The van der Waals surface area contributed by atoms with E-state index in [1.54, 1.807) is 11.3 Å². The average molecular weight is 292 g/mol. The highest BCUT2D eigenvalue weighted by Gasteiger charge is 2.22. The van der Waals surface area contributed by atoms with Gasteiger partial charge in [0.1, 0.15) is 0 Å². The summed E-state index contributed by atoms with van der Waals surface area (Å²) in [7, 11) is 0. The fourth-order valence-electron chi connectivity index (χ4n) is 1.73. The number of thiophene rings is 1. The first-order valence-corrected chi connectivity index (χ1v) is 6.62. The molecule has 1 unspecified atom stereocenters. The number of ether oxygens (including phenoxy) is 1. The van der Waals surface area contributed by atoms with Crippen molar-refractivity contribution in [1.82, 2.24) is 4.90 Å². The summed E-state index contributed by atoms with van der Waals surface area (Å²) < 4.78 is 6.50. The molecule has 1 aromatic heterocycles. The summed E-state index contributed by atoms with van der Waals surface area (Å²) in [5.41, 5.74) is 1.30. The molecule has 1 saturated heterocycles. The van der Waals surface area contributed by atoms with Crippen molar-refractivity contribution in [3.05, 3.63) is 20.8 Å². The number of halogens is 1. The van der Waals surface area contributed by atoms with Crippen LogP contribution < -0.4 is 0 Å². The third-order valence-corrected chi connectivity index (χ3v) is 4.12. The third kappa shape index (κ3) is 3.01. The first kappa shape index (κ1) is 11.5. The van der Waals surface area contributed by atoms with Crippen molar-refractivity contribution in [3.8, 4) is 0 Å². The van der Waals surface area contributed by atoms with Gasteiger partial charge >= 0.3 is 0 Å². The molecule has 15 heavy (non-hydrogen) atoms. The lowest BCUT2D eigenvalue weighted by molar-refractivity contribution is -0.0312. The summed E-state index contributed by atoms with van der Waals surface area (Å²) in [4.78, 5) is 2.28. The van der Waals surface area contributed by atoms with Crippen LogP contribution in [0.2, 0.25) is 0 Å². The van der Waals surface area contributed by atoms with Crippen LogP contribution in [-0.4, -0.2) is 42.4 Å². The Labute approximate surface area is 102 Å². The Hall–Kier alpha value is 0.0600. The van der Waals surface area contributed by atoms with Crippen LogP contribution in [0.5, 0.6) is 0 Å². The molecule has 0 saturated carbocycles. The lowest BCUT2D eigenvalue weighted by Gasteiger charge is -2.34. The van der Waals surface area contributed by atoms with Crippen LogP contribution in [-0.2, 0) is 11.3 Å². The SMILES string of the molecule is OCC1COCCN1Cc1csc(Br)c1. The second kappa shape index (κ2) is 5.41. The van der Waals surface area contributed by atoms with Crippen LogP contribution in [0.15, 0.2) is 15.2 Å². The minimum atomic E-state index is 0.150. The average Bonchev–Trinajstić information content (AvgIpc) is 2.65. The Balaban J connectivity index is 1.97. The number of aliphatic hydroxyl groups is 1. The Bertz CT molecular complexity index is 318. The highest BCUT2D eigenvalue weighted by atomic mass is 79.9. The molecule has 0 aromatic carbocycles. The fraction of sp³-hybridized carbons (Fsp3) is 0.600. The first-order valence-electron chi connectivity index (χ1n) is 4.95. The molecule has 0 amide bonds. The van der Waals surface area contributed by atoms with E-state index in [4.69, 9.17) is 4.74 Å². The molecule has 5 heteroatoms. The number of rotatable bonds is 3. The van der Waals surface area contributed by atoms with Gasteiger partial charge in [0.2, 0.25) is 0 Å². The normalized spacial score (nSPS) is 23.2. The van der Waals surface area contributed by atoms with Crippen molar-refractivity contribution < 1.29 is 9.84 Å². The molecular weight excluding hydrogens is 278 g/mol. The lowest BCUT2D eigenvalue weighted by atomic mass is 10.2. The van der Waals surface area contributed by atoms with E-state index in [0.29, 0.717) is 6.61 Å². The maximum Gasteiger partial charge on any atom is 0.0701 e. The summed E-state index contributed by atoms with van der Waals surface area (Å²) in [5, 5.41) is 11.4. The van der Waals surface area contributed by atoms with E-state index in [2.05, 4.69) is 32.3 Å². The molecule has 1 aliphatic heterocycles. The standard InChI is InChI=1S/C10H14BrNO2S/c11-10-3-8(7-15-10)4-12-1-2-14-6-9(12)5-13/h3,7,9,13H,1-2,4-6H2. The molecule has 84 valence electrons. The Kier molecular flexibility index (Phi) is 4.16. The van der Waals surface area contributed by atoms with Crippen LogP contribution in [0.4, 0.5) is 0 Å². The molecule has 0 bridgehead atoms. The number of nitrogens with zero attached hydrogens (tertiary/aromatic N) is 1. The van der Waals surface area contributed by atoms with Gasteiger partial charge in [0, 0.05) is 13.1 Å². The van der Waals surface area contributed by atoms with Gasteiger partial charge in [-0.3, -0.25) is 4.90 Å². The summed E-state index contributed by atoms with van der Waals surface area (Å²) in [5.74, 6) is 0. The number of aliphatic hydroxyl groups excluding tert-OH is 1. The van der Waals surface area contributed by atoms with Crippen LogP contribution in [0.1, 0.15) is 5.56 Å². The highest BCUT2D eigenvalue weighted by molar-refractivity contribution is 9.11. The molecule has 2 rings (SSSR count). The third-order valence-electron chi connectivity index (χ3n) is 2.57. The quantitative estimate of drug-likeness (QED) is 0.920. The highest BCUT2D eigenvalue weighted by Crippen LogP contribution is 2.22. The molecule has 1 atom stereocenters. The molecule has 0 spiro atoms. The van der Waals surface area contributed by atoms with Crippen LogP contribution >= 0.6 is 27.3 Å². The van der Waals surface area contributed by atoms with Gasteiger partial charge in [0.05, 0.1) is 29.6 Å². The smallest absolute Gasteiger partial charge is 0.0701 e. The molecule has 0 radical (unpaired) electrons. The van der Waals surface area contributed by atoms with Gasteiger partial charge in [-0.2, -0.15) is 0 Å². The van der Waals surface area contributed by atoms with Gasteiger partial charge in [-0.15, -0.1) is 11.3 Å². The fourth-order valence-corrected chi connectivity index (χ4v) is 2.93. The number of hydrogen-bond donors (Lipinski definition) is 1. The first-order chi connectivity index (χ1) is 7.29. The van der Waals surface area contributed by atoms with Gasteiger partial charge in [-0.1, -0.05) is 0 Å². The second-order valence-corrected chi connectivity index (χ2v) is 5.93. The van der Waals surface area contributed by atoms with E-state index < -0.39 is 0 Å². The van der Waals surface area contributed by atoms with E-state index in [9.17, 15) is 5.11 Å². The van der Waals surface area contributed by atoms with Crippen LogP contribution in [0.25, 0.3) is 0 Å². The summed E-state index contributed by atoms with van der Waals surface area (Å²) in [6.07, 6.45) is 0. The Morgan fingerprint density at radius 1 is 1.67 bits per heavy atom. The van der Waals surface area contributed by atoms with E-state index in [1.807, 2.05) is 0 Å². The zero-order chi connectivity index (χ0) is 10.7. The monoisotopic (exact) mass is 291 g/mol. The summed E-state index contributed by atoms with van der Waals surface area (Å²) >= 11 is 5.15. The van der Waals surface area contributed by atoms with E-state index >= 15 is 0 Å². The predicted octanol–water partition coefficient (Wildman–Crippen LogP) is 1.70. The minimum absolute atomic E-state index is 0.150. The van der Waals surface area contributed by atoms with Gasteiger partial charge < -0.3 is 9.84 Å². The van der Waals surface area contributed by atoms with Crippen molar-refractivity contribution >= 4 is 27.3 Å². The summed E-state index contributed by atoms with van der Waals surface area (Å²) in [6.45, 7) is 3.38. The molecule has 1 aliphatic rings. The summed E-state index contributed by atoms with van der Waals surface area (Å²) in [6, 6.07) is 2.28. The molecule has 1 N–H and O–H groups in total. The van der Waals surface area contributed by atoms with Gasteiger partial charge in [-0.05, 0) is 32.9 Å².